The maximum Gasteiger partial charge on any atom is 0.298 e. The Morgan fingerprint density at radius 3 is 2.36 bits per heavy atom. The molecular formula is C27H22N4O2. The Balaban J connectivity index is 1.36. The van der Waals surface area contributed by atoms with E-state index in [1.54, 1.807) is 36.0 Å². The van der Waals surface area contributed by atoms with Gasteiger partial charge in [0.25, 0.3) is 11.7 Å². The second kappa shape index (κ2) is 8.24. The molecule has 2 heterocycles. The van der Waals surface area contributed by atoms with Crippen molar-refractivity contribution in [1.82, 2.24) is 14.5 Å². The number of rotatable bonds is 5. The monoisotopic (exact) mass is 434 g/mol. The molecule has 2 aromatic heterocycles. The van der Waals surface area contributed by atoms with Crippen LogP contribution >= 0.6 is 0 Å². The molecule has 33 heavy (non-hydrogen) atoms. The third-order valence-electron chi connectivity index (χ3n) is 5.71. The summed E-state index contributed by atoms with van der Waals surface area (Å²) in [5, 5.41) is 2.71. The highest BCUT2D eigenvalue weighted by Gasteiger charge is 2.18. The molecular weight excluding hydrogens is 412 g/mol. The van der Waals surface area contributed by atoms with Gasteiger partial charge in [0.15, 0.2) is 0 Å². The van der Waals surface area contributed by atoms with Crippen LogP contribution in [0.5, 0.6) is 0 Å². The predicted molar refractivity (Wildman–Crippen MR) is 130 cm³/mol. The first-order valence-corrected chi connectivity index (χ1v) is 10.6. The lowest BCUT2D eigenvalue weighted by Gasteiger charge is -2.08. The van der Waals surface area contributed by atoms with Crippen molar-refractivity contribution in [3.63, 3.8) is 0 Å². The van der Waals surface area contributed by atoms with Gasteiger partial charge in [0.2, 0.25) is 0 Å². The summed E-state index contributed by atoms with van der Waals surface area (Å²) in [6, 6.07) is 25.0. The van der Waals surface area contributed by atoms with Crippen LogP contribution in [0.1, 0.15) is 16.1 Å². The number of hydrogen-bond acceptors (Lipinski definition) is 3. The van der Waals surface area contributed by atoms with Gasteiger partial charge in [-0.1, -0.05) is 48.5 Å². The largest absolute Gasteiger partial charge is 0.348 e. The number of benzene rings is 3. The number of fused-ring (bicyclic) bond motifs is 1. The molecule has 0 radical (unpaired) electrons. The summed E-state index contributed by atoms with van der Waals surface area (Å²) >= 11 is 0. The molecule has 6 heteroatoms. The lowest BCUT2D eigenvalue weighted by atomic mass is 10.0. The van der Waals surface area contributed by atoms with Crippen molar-refractivity contribution in [3.8, 4) is 22.5 Å². The number of hydrogen-bond donors (Lipinski definition) is 2. The molecule has 5 aromatic rings. The van der Waals surface area contributed by atoms with Gasteiger partial charge < -0.3 is 14.9 Å². The number of aromatic nitrogens is 3. The Hall–Kier alpha value is -4.45. The van der Waals surface area contributed by atoms with Crippen molar-refractivity contribution in [2.75, 3.05) is 5.32 Å². The van der Waals surface area contributed by atoms with Crippen LogP contribution in [0.2, 0.25) is 0 Å². The molecule has 5 rings (SSSR count). The number of aryl methyl sites for hydroxylation is 2. The normalized spacial score (nSPS) is 11.0. The highest BCUT2D eigenvalue weighted by Crippen LogP contribution is 2.27. The smallest absolute Gasteiger partial charge is 0.298 e. The van der Waals surface area contributed by atoms with Crippen LogP contribution in [-0.4, -0.2) is 26.2 Å². The van der Waals surface area contributed by atoms with Crippen LogP contribution in [-0.2, 0) is 11.8 Å². The van der Waals surface area contributed by atoms with Gasteiger partial charge in [-0.3, -0.25) is 9.59 Å². The highest BCUT2D eigenvalue weighted by molar-refractivity contribution is 6.46. The topological polar surface area (TPSA) is 79.8 Å². The first-order valence-electron chi connectivity index (χ1n) is 10.6. The minimum Gasteiger partial charge on any atom is -0.348 e. The minimum atomic E-state index is -0.663. The van der Waals surface area contributed by atoms with Crippen LogP contribution in [0.4, 0.5) is 5.69 Å². The number of amides is 1. The van der Waals surface area contributed by atoms with E-state index >= 15 is 0 Å². The van der Waals surface area contributed by atoms with Crippen molar-refractivity contribution in [3.05, 3.63) is 96.3 Å². The number of ketones is 1. The number of aromatic amines is 1. The number of imidazole rings is 1. The molecule has 0 fully saturated rings. The third kappa shape index (κ3) is 3.94. The van der Waals surface area contributed by atoms with Crippen LogP contribution in [0.3, 0.4) is 0 Å². The second-order valence-corrected chi connectivity index (χ2v) is 8.00. The van der Waals surface area contributed by atoms with Gasteiger partial charge in [0.05, 0.1) is 16.7 Å². The average Bonchev–Trinajstić information content (AvgIpc) is 3.46. The molecule has 0 saturated heterocycles. The van der Waals surface area contributed by atoms with Crippen LogP contribution in [0, 0.1) is 6.92 Å². The molecule has 0 aliphatic heterocycles. The maximum atomic E-state index is 12.4. The number of nitrogens with zero attached hydrogens (tertiary/aromatic N) is 2. The first-order chi connectivity index (χ1) is 16.0. The van der Waals surface area contributed by atoms with Crippen molar-refractivity contribution in [2.24, 2.45) is 7.05 Å². The van der Waals surface area contributed by atoms with Crippen LogP contribution in [0.15, 0.2) is 85.1 Å². The summed E-state index contributed by atoms with van der Waals surface area (Å²) in [5.74, 6) is -0.408. The molecule has 0 bridgehead atoms. The molecule has 0 aliphatic carbocycles. The van der Waals surface area contributed by atoms with Crippen molar-refractivity contribution < 1.29 is 9.59 Å². The lowest BCUT2D eigenvalue weighted by molar-refractivity contribution is -0.112. The van der Waals surface area contributed by atoms with Gasteiger partial charge in [0, 0.05) is 24.5 Å². The molecule has 3 aromatic carbocycles. The Morgan fingerprint density at radius 2 is 1.64 bits per heavy atom. The van der Waals surface area contributed by atoms with Crippen molar-refractivity contribution in [1.29, 1.82) is 0 Å². The zero-order valence-electron chi connectivity index (χ0n) is 18.3. The summed E-state index contributed by atoms with van der Waals surface area (Å²) in [4.78, 5) is 32.9. The fourth-order valence-corrected chi connectivity index (χ4v) is 3.91. The molecule has 0 aliphatic rings. The molecule has 162 valence electrons. The summed E-state index contributed by atoms with van der Waals surface area (Å²) in [7, 11) is 1.73. The van der Waals surface area contributed by atoms with Crippen LogP contribution < -0.4 is 5.32 Å². The van der Waals surface area contributed by atoms with Gasteiger partial charge in [-0.15, -0.1) is 0 Å². The average molecular weight is 434 g/mol. The number of Topliss-reactive ketones (excluding diaryl/α,β-unsaturated/α-hetero) is 1. The fraction of sp³-hybridized carbons (Fsp3) is 0.0741. The zero-order chi connectivity index (χ0) is 22.9. The van der Waals surface area contributed by atoms with Gasteiger partial charge >= 0.3 is 0 Å². The number of carbonyl (C=O) groups excluding carboxylic acids is 2. The van der Waals surface area contributed by atoms with Gasteiger partial charge in [-0.05, 0) is 53.9 Å². The Kier molecular flexibility index (Phi) is 5.11. The van der Waals surface area contributed by atoms with E-state index in [9.17, 15) is 9.59 Å². The molecule has 0 unspecified atom stereocenters. The summed E-state index contributed by atoms with van der Waals surface area (Å²) < 4.78 is 1.63. The molecule has 0 spiro atoms. The summed E-state index contributed by atoms with van der Waals surface area (Å²) in [6.07, 6.45) is 1.73. The number of carbonyl (C=O) groups is 2. The van der Waals surface area contributed by atoms with Gasteiger partial charge in [0.1, 0.15) is 5.82 Å². The SMILES string of the molecule is Cc1cccc2[nH]c(-c3ccc(-c4cccc(NC(=O)C(=O)c5cccn5C)c4)cc3)nc12. The van der Waals surface area contributed by atoms with Gasteiger partial charge in [-0.2, -0.15) is 0 Å². The Morgan fingerprint density at radius 1 is 0.879 bits per heavy atom. The van der Waals surface area contributed by atoms with Crippen LogP contribution in [0.25, 0.3) is 33.5 Å². The maximum absolute atomic E-state index is 12.4. The van der Waals surface area contributed by atoms with Crippen molar-refractivity contribution >= 4 is 28.4 Å². The van der Waals surface area contributed by atoms with E-state index in [0.29, 0.717) is 11.4 Å². The fourth-order valence-electron chi connectivity index (χ4n) is 3.91. The number of nitrogens with one attached hydrogen (secondary N) is 2. The molecule has 2 N–H and O–H groups in total. The quantitative estimate of drug-likeness (QED) is 0.288. The Bertz CT molecular complexity index is 1490. The van der Waals surface area contributed by atoms with E-state index in [1.165, 1.54) is 0 Å². The summed E-state index contributed by atoms with van der Waals surface area (Å²) in [6.45, 7) is 2.05. The molecule has 6 nitrogen and oxygen atoms in total. The third-order valence-corrected chi connectivity index (χ3v) is 5.71. The molecule has 0 saturated carbocycles. The standard InChI is InChI=1S/C27H22N4O2/c1-17-6-3-9-22-24(17)30-26(29-22)19-13-11-18(12-14-19)20-7-4-8-21(16-20)28-27(33)25(32)23-10-5-15-31(23)2/h3-16H,1-2H3,(H,28,33)(H,29,30). The molecule has 0 atom stereocenters. The second-order valence-electron chi connectivity index (χ2n) is 8.00. The Labute approximate surface area is 190 Å². The first kappa shape index (κ1) is 20.5. The highest BCUT2D eigenvalue weighted by atomic mass is 16.2. The summed E-state index contributed by atoms with van der Waals surface area (Å²) in [5.41, 5.74) is 6.97. The molecule has 1 amide bonds. The predicted octanol–water partition coefficient (Wildman–Crippen LogP) is 5.37. The lowest BCUT2D eigenvalue weighted by Crippen LogP contribution is -2.24. The van der Waals surface area contributed by atoms with E-state index in [1.807, 2.05) is 54.6 Å². The van der Waals surface area contributed by atoms with E-state index in [2.05, 4.69) is 23.3 Å². The van der Waals surface area contributed by atoms with Crippen molar-refractivity contribution in [2.45, 2.75) is 6.92 Å². The van der Waals surface area contributed by atoms with Gasteiger partial charge in [-0.25, -0.2) is 4.98 Å². The minimum absolute atomic E-state index is 0.347. The number of anilines is 1. The number of para-hydroxylation sites is 1. The number of H-pyrrole nitrogens is 1. The van der Waals surface area contributed by atoms with E-state index in [0.717, 1.165) is 39.1 Å². The van der Waals surface area contributed by atoms with E-state index < -0.39 is 11.7 Å². The van der Waals surface area contributed by atoms with E-state index in [4.69, 9.17) is 4.98 Å². The zero-order valence-corrected chi connectivity index (χ0v) is 18.3. The van der Waals surface area contributed by atoms with E-state index in [-0.39, 0.29) is 0 Å².